The molecule has 0 amide bonds. The molecule has 92 valence electrons. The van der Waals surface area contributed by atoms with E-state index in [0.29, 0.717) is 13.2 Å². The van der Waals surface area contributed by atoms with Crippen molar-refractivity contribution in [2.45, 2.75) is 39.0 Å². The van der Waals surface area contributed by atoms with Crippen molar-refractivity contribution in [3.63, 3.8) is 0 Å². The van der Waals surface area contributed by atoms with E-state index >= 15 is 0 Å². The lowest BCUT2D eigenvalue weighted by molar-refractivity contribution is -0.145. The van der Waals surface area contributed by atoms with E-state index in [-0.39, 0.29) is 30.5 Å². The fourth-order valence-corrected chi connectivity index (χ4v) is 1.71. The SMILES string of the molecule is CCCOC(=O)CCC(=O)C1CCCOC1. The topological polar surface area (TPSA) is 52.6 Å². The molecule has 0 saturated carbocycles. The molecule has 0 aliphatic carbocycles. The Morgan fingerprint density at radius 2 is 2.19 bits per heavy atom. The molecule has 4 nitrogen and oxygen atoms in total. The van der Waals surface area contributed by atoms with Crippen LogP contribution in [0.4, 0.5) is 0 Å². The first kappa shape index (κ1) is 13.2. The Hall–Kier alpha value is -0.900. The first-order valence-electron chi connectivity index (χ1n) is 6.00. The number of carbonyl (C=O) groups is 2. The predicted molar refractivity (Wildman–Crippen MR) is 59.0 cm³/mol. The van der Waals surface area contributed by atoms with Crippen molar-refractivity contribution in [3.8, 4) is 0 Å². The maximum absolute atomic E-state index is 11.7. The summed E-state index contributed by atoms with van der Waals surface area (Å²) < 4.78 is 10.1. The van der Waals surface area contributed by atoms with E-state index < -0.39 is 0 Å². The third-order valence-corrected chi connectivity index (χ3v) is 2.66. The van der Waals surface area contributed by atoms with Gasteiger partial charge < -0.3 is 9.47 Å². The molecule has 0 radical (unpaired) electrons. The van der Waals surface area contributed by atoms with Gasteiger partial charge in [-0.1, -0.05) is 6.92 Å². The Kier molecular flexibility index (Phi) is 6.08. The van der Waals surface area contributed by atoms with E-state index in [9.17, 15) is 9.59 Å². The largest absolute Gasteiger partial charge is 0.466 e. The van der Waals surface area contributed by atoms with Crippen molar-refractivity contribution in [3.05, 3.63) is 0 Å². The normalized spacial score (nSPS) is 20.4. The van der Waals surface area contributed by atoms with Crippen LogP contribution in [0.3, 0.4) is 0 Å². The van der Waals surface area contributed by atoms with E-state index in [1.165, 1.54) is 0 Å². The van der Waals surface area contributed by atoms with E-state index in [0.717, 1.165) is 25.9 Å². The summed E-state index contributed by atoms with van der Waals surface area (Å²) in [7, 11) is 0. The summed E-state index contributed by atoms with van der Waals surface area (Å²) in [4.78, 5) is 22.9. The van der Waals surface area contributed by atoms with Crippen LogP contribution in [0.1, 0.15) is 39.0 Å². The first-order chi connectivity index (χ1) is 7.74. The molecule has 1 unspecified atom stereocenters. The Morgan fingerprint density at radius 3 is 2.81 bits per heavy atom. The van der Waals surface area contributed by atoms with Crippen LogP contribution in [0, 0.1) is 5.92 Å². The molecule has 16 heavy (non-hydrogen) atoms. The molecule has 0 spiro atoms. The molecule has 0 aromatic carbocycles. The zero-order valence-electron chi connectivity index (χ0n) is 9.87. The van der Waals surface area contributed by atoms with Crippen LogP contribution in [-0.2, 0) is 19.1 Å². The van der Waals surface area contributed by atoms with Gasteiger partial charge >= 0.3 is 5.97 Å². The van der Waals surface area contributed by atoms with Crippen molar-refractivity contribution in [2.24, 2.45) is 5.92 Å². The highest BCUT2D eigenvalue weighted by molar-refractivity contribution is 5.84. The lowest BCUT2D eigenvalue weighted by atomic mass is 9.95. The monoisotopic (exact) mass is 228 g/mol. The second kappa shape index (κ2) is 7.39. The van der Waals surface area contributed by atoms with Crippen LogP contribution in [0.15, 0.2) is 0 Å². The minimum atomic E-state index is -0.271. The second-order valence-electron chi connectivity index (χ2n) is 4.10. The third-order valence-electron chi connectivity index (χ3n) is 2.66. The minimum absolute atomic E-state index is 0.00674. The lowest BCUT2D eigenvalue weighted by Gasteiger charge is -2.20. The van der Waals surface area contributed by atoms with Gasteiger partial charge in [-0.2, -0.15) is 0 Å². The molecule has 1 rings (SSSR count). The first-order valence-corrected chi connectivity index (χ1v) is 6.00. The van der Waals surface area contributed by atoms with Gasteiger partial charge in [0, 0.05) is 18.9 Å². The van der Waals surface area contributed by atoms with Crippen molar-refractivity contribution in [1.29, 1.82) is 0 Å². The maximum atomic E-state index is 11.7. The molecule has 1 atom stereocenters. The Balaban J connectivity index is 2.15. The number of ether oxygens (including phenoxy) is 2. The number of ketones is 1. The fraction of sp³-hybridized carbons (Fsp3) is 0.833. The van der Waals surface area contributed by atoms with Gasteiger partial charge in [0.1, 0.15) is 5.78 Å². The fourth-order valence-electron chi connectivity index (χ4n) is 1.71. The van der Waals surface area contributed by atoms with Crippen LogP contribution in [0.2, 0.25) is 0 Å². The zero-order valence-corrected chi connectivity index (χ0v) is 9.87. The van der Waals surface area contributed by atoms with Crippen molar-refractivity contribution in [1.82, 2.24) is 0 Å². The summed E-state index contributed by atoms with van der Waals surface area (Å²) >= 11 is 0. The average Bonchev–Trinajstić information content (AvgIpc) is 2.34. The molecule has 0 aromatic rings. The van der Waals surface area contributed by atoms with Crippen LogP contribution in [0.5, 0.6) is 0 Å². The number of hydrogen-bond donors (Lipinski definition) is 0. The molecule has 1 aliphatic rings. The molecule has 1 saturated heterocycles. The molecule has 1 heterocycles. The summed E-state index contributed by atoms with van der Waals surface area (Å²) in [5.41, 5.74) is 0. The number of hydrogen-bond acceptors (Lipinski definition) is 4. The van der Waals surface area contributed by atoms with Gasteiger partial charge in [-0.3, -0.25) is 9.59 Å². The lowest BCUT2D eigenvalue weighted by Crippen LogP contribution is -2.25. The predicted octanol–water partition coefficient (Wildman–Crippen LogP) is 1.72. The molecule has 0 N–H and O–H groups in total. The highest BCUT2D eigenvalue weighted by Crippen LogP contribution is 2.16. The Morgan fingerprint density at radius 1 is 1.38 bits per heavy atom. The molecule has 0 bridgehead atoms. The highest BCUT2D eigenvalue weighted by Gasteiger charge is 2.22. The summed E-state index contributed by atoms with van der Waals surface area (Å²) in [6.07, 6.45) is 3.14. The Bertz CT molecular complexity index is 231. The molecule has 0 aromatic heterocycles. The Labute approximate surface area is 96.3 Å². The number of esters is 1. The van der Waals surface area contributed by atoms with Gasteiger partial charge in [-0.25, -0.2) is 0 Å². The molecule has 1 aliphatic heterocycles. The van der Waals surface area contributed by atoms with E-state index in [2.05, 4.69) is 0 Å². The molecular weight excluding hydrogens is 208 g/mol. The van der Waals surface area contributed by atoms with Gasteiger partial charge in [0.25, 0.3) is 0 Å². The average molecular weight is 228 g/mol. The molecule has 4 heteroatoms. The maximum Gasteiger partial charge on any atom is 0.306 e. The van der Waals surface area contributed by atoms with Crippen molar-refractivity contribution >= 4 is 11.8 Å². The van der Waals surface area contributed by atoms with Gasteiger partial charge in [-0.15, -0.1) is 0 Å². The third kappa shape index (κ3) is 4.75. The van der Waals surface area contributed by atoms with E-state index in [1.807, 2.05) is 6.92 Å². The molecular formula is C12H20O4. The summed E-state index contributed by atoms with van der Waals surface area (Å²) in [6, 6.07) is 0. The number of Topliss-reactive ketones (excluding diaryl/α,β-unsaturated/α-hetero) is 1. The summed E-state index contributed by atoms with van der Waals surface area (Å²) in [6.45, 7) is 3.66. The van der Waals surface area contributed by atoms with Gasteiger partial charge in [0.05, 0.1) is 19.6 Å². The smallest absolute Gasteiger partial charge is 0.306 e. The summed E-state index contributed by atoms with van der Waals surface area (Å²) in [5.74, 6) is -0.146. The standard InChI is InChI=1S/C12H20O4/c1-2-7-16-12(14)6-5-11(13)10-4-3-8-15-9-10/h10H,2-9H2,1H3. The van der Waals surface area contributed by atoms with E-state index in [4.69, 9.17) is 9.47 Å². The van der Waals surface area contributed by atoms with Crippen LogP contribution in [0.25, 0.3) is 0 Å². The van der Waals surface area contributed by atoms with Crippen LogP contribution in [-0.4, -0.2) is 31.6 Å². The molecule has 1 fully saturated rings. The number of rotatable bonds is 6. The van der Waals surface area contributed by atoms with Crippen LogP contribution >= 0.6 is 0 Å². The van der Waals surface area contributed by atoms with Gasteiger partial charge in [0.2, 0.25) is 0 Å². The van der Waals surface area contributed by atoms with Crippen molar-refractivity contribution in [2.75, 3.05) is 19.8 Å². The minimum Gasteiger partial charge on any atom is -0.466 e. The van der Waals surface area contributed by atoms with Gasteiger partial charge in [0.15, 0.2) is 0 Å². The van der Waals surface area contributed by atoms with Crippen LogP contribution < -0.4 is 0 Å². The number of carbonyl (C=O) groups excluding carboxylic acids is 2. The van der Waals surface area contributed by atoms with Gasteiger partial charge in [-0.05, 0) is 19.3 Å². The highest BCUT2D eigenvalue weighted by atomic mass is 16.5. The van der Waals surface area contributed by atoms with Crippen molar-refractivity contribution < 1.29 is 19.1 Å². The quantitative estimate of drug-likeness (QED) is 0.649. The second-order valence-corrected chi connectivity index (χ2v) is 4.10. The zero-order chi connectivity index (χ0) is 11.8. The van der Waals surface area contributed by atoms with E-state index in [1.54, 1.807) is 0 Å². The summed E-state index contributed by atoms with van der Waals surface area (Å²) in [5, 5.41) is 0.